The van der Waals surface area contributed by atoms with E-state index in [-0.39, 0.29) is 25.9 Å². The maximum Gasteiger partial charge on any atom is 0.416 e. The Morgan fingerprint density at radius 2 is 1.88 bits per heavy atom. The van der Waals surface area contributed by atoms with Gasteiger partial charge in [0.05, 0.1) is 16.7 Å². The first-order chi connectivity index (χ1) is 15.5. The van der Waals surface area contributed by atoms with Gasteiger partial charge in [0.2, 0.25) is 5.91 Å². The fourth-order valence-corrected chi connectivity index (χ4v) is 6.24. The van der Waals surface area contributed by atoms with Crippen molar-refractivity contribution in [3.05, 3.63) is 34.9 Å². The second-order valence-corrected chi connectivity index (χ2v) is 12.5. The molecular formula is C23H31F3N2O5S. The first kappa shape index (κ1) is 26.3. The van der Waals surface area contributed by atoms with E-state index in [1.165, 1.54) is 11.0 Å². The van der Waals surface area contributed by atoms with Crippen LogP contribution in [0.3, 0.4) is 0 Å². The van der Waals surface area contributed by atoms with Gasteiger partial charge in [-0.25, -0.2) is 13.2 Å². The summed E-state index contributed by atoms with van der Waals surface area (Å²) in [5.41, 5.74) is -1.60. The number of rotatable bonds is 4. The average Bonchev–Trinajstić information content (AvgIpc) is 3.05. The van der Waals surface area contributed by atoms with E-state index < -0.39 is 56.4 Å². The Hall–Kier alpha value is -2.30. The molecule has 190 valence electrons. The molecule has 7 nitrogen and oxygen atoms in total. The van der Waals surface area contributed by atoms with E-state index in [1.54, 1.807) is 20.8 Å². The van der Waals surface area contributed by atoms with Gasteiger partial charge in [-0.1, -0.05) is 6.07 Å². The van der Waals surface area contributed by atoms with Gasteiger partial charge in [0.15, 0.2) is 0 Å². The molecule has 1 N–H and O–H groups in total. The molecular weight excluding hydrogens is 473 g/mol. The third-order valence-electron chi connectivity index (χ3n) is 6.15. The Morgan fingerprint density at radius 1 is 1.21 bits per heavy atom. The largest absolute Gasteiger partial charge is 0.444 e. The molecule has 34 heavy (non-hydrogen) atoms. The molecule has 0 bridgehead atoms. The molecule has 11 heteroatoms. The molecule has 0 unspecified atom stereocenters. The van der Waals surface area contributed by atoms with Gasteiger partial charge in [-0.05, 0) is 69.7 Å². The molecule has 3 rings (SSSR count). The van der Waals surface area contributed by atoms with Crippen LogP contribution in [0.25, 0.3) is 0 Å². The summed E-state index contributed by atoms with van der Waals surface area (Å²) in [5.74, 6) is -0.799. The highest BCUT2D eigenvalue weighted by atomic mass is 32.2. The van der Waals surface area contributed by atoms with E-state index in [9.17, 15) is 31.2 Å². The number of halogens is 3. The number of amides is 2. The van der Waals surface area contributed by atoms with Crippen molar-refractivity contribution >= 4 is 21.8 Å². The Bertz CT molecular complexity index is 1070. The molecule has 1 saturated carbocycles. The Kier molecular flexibility index (Phi) is 7.00. The zero-order valence-corrected chi connectivity index (χ0v) is 20.6. The monoisotopic (exact) mass is 504 g/mol. The van der Waals surface area contributed by atoms with Gasteiger partial charge >= 0.3 is 12.3 Å². The number of benzene rings is 1. The minimum atomic E-state index is -4.50. The van der Waals surface area contributed by atoms with Crippen LogP contribution in [0.1, 0.15) is 56.7 Å². The SMILES string of the molecule is CC(C)(C)OC(=O)N[C@@H]1CC[C@](CS(C)(=O)=O)(C(=O)N2CCc3ccc(C(F)(F)F)cc3C2)C1. The van der Waals surface area contributed by atoms with Gasteiger partial charge in [-0.15, -0.1) is 0 Å². The number of nitrogens with one attached hydrogen (secondary N) is 1. The van der Waals surface area contributed by atoms with Crippen molar-refractivity contribution in [2.45, 2.75) is 70.8 Å². The fraction of sp³-hybridized carbons (Fsp3) is 0.652. The van der Waals surface area contributed by atoms with E-state index in [0.29, 0.717) is 18.4 Å². The molecule has 1 heterocycles. The maximum atomic E-state index is 13.6. The van der Waals surface area contributed by atoms with Gasteiger partial charge in [0.1, 0.15) is 15.4 Å². The van der Waals surface area contributed by atoms with Crippen molar-refractivity contribution < 1.29 is 35.9 Å². The predicted octanol–water partition coefficient (Wildman–Crippen LogP) is 3.70. The number of hydrogen-bond acceptors (Lipinski definition) is 5. The van der Waals surface area contributed by atoms with Crippen LogP contribution >= 0.6 is 0 Å². The summed E-state index contributed by atoms with van der Waals surface area (Å²) in [6.45, 7) is 5.42. The molecule has 1 aromatic rings. The number of hydrogen-bond donors (Lipinski definition) is 1. The molecule has 0 aromatic heterocycles. The quantitative estimate of drug-likeness (QED) is 0.675. The summed E-state index contributed by atoms with van der Waals surface area (Å²) in [5, 5.41) is 2.72. The van der Waals surface area contributed by atoms with Crippen molar-refractivity contribution in [3.8, 4) is 0 Å². The molecule has 0 saturated heterocycles. The van der Waals surface area contributed by atoms with Gasteiger partial charge < -0.3 is 15.0 Å². The van der Waals surface area contributed by atoms with Crippen LogP contribution in [-0.4, -0.2) is 55.5 Å². The van der Waals surface area contributed by atoms with Crippen molar-refractivity contribution in [2.24, 2.45) is 5.41 Å². The number of carbonyl (C=O) groups excluding carboxylic acids is 2. The molecule has 2 amide bonds. The van der Waals surface area contributed by atoms with Crippen LogP contribution in [0.4, 0.5) is 18.0 Å². The van der Waals surface area contributed by atoms with Gasteiger partial charge in [0, 0.05) is 25.4 Å². The summed E-state index contributed by atoms with van der Waals surface area (Å²) in [6, 6.07) is 3.07. The Labute approximate surface area is 197 Å². The number of alkyl carbamates (subject to hydrolysis) is 1. The highest BCUT2D eigenvalue weighted by molar-refractivity contribution is 7.90. The number of alkyl halides is 3. The number of nitrogens with zero attached hydrogens (tertiary/aromatic N) is 1. The van der Waals surface area contributed by atoms with Crippen molar-refractivity contribution in [3.63, 3.8) is 0 Å². The van der Waals surface area contributed by atoms with Gasteiger partial charge in [-0.3, -0.25) is 4.79 Å². The first-order valence-corrected chi connectivity index (χ1v) is 13.2. The van der Waals surface area contributed by atoms with Crippen LogP contribution in [0, 0.1) is 5.41 Å². The lowest BCUT2D eigenvalue weighted by Gasteiger charge is -2.37. The van der Waals surface area contributed by atoms with Crippen molar-refractivity contribution in [1.29, 1.82) is 0 Å². The van der Waals surface area contributed by atoms with Crippen LogP contribution < -0.4 is 5.32 Å². The minimum absolute atomic E-state index is 0.0201. The highest BCUT2D eigenvalue weighted by Crippen LogP contribution is 2.42. The third kappa shape index (κ3) is 6.43. The molecule has 2 atom stereocenters. The van der Waals surface area contributed by atoms with Crippen molar-refractivity contribution in [1.82, 2.24) is 10.2 Å². The van der Waals surface area contributed by atoms with Crippen LogP contribution in [-0.2, 0) is 38.5 Å². The van der Waals surface area contributed by atoms with E-state index in [0.717, 1.165) is 24.0 Å². The summed E-state index contributed by atoms with van der Waals surface area (Å²) >= 11 is 0. The number of fused-ring (bicyclic) bond motifs is 1. The lowest BCUT2D eigenvalue weighted by molar-refractivity contribution is -0.141. The Balaban J connectivity index is 1.81. The summed E-state index contributed by atoms with van der Waals surface area (Å²) < 4.78 is 69.2. The molecule has 1 aromatic carbocycles. The topological polar surface area (TPSA) is 92.8 Å². The second kappa shape index (κ2) is 9.05. The minimum Gasteiger partial charge on any atom is -0.444 e. The normalized spacial score (nSPS) is 23.4. The predicted molar refractivity (Wildman–Crippen MR) is 120 cm³/mol. The maximum absolute atomic E-state index is 13.6. The highest BCUT2D eigenvalue weighted by Gasteiger charge is 2.50. The van der Waals surface area contributed by atoms with Crippen LogP contribution in [0.15, 0.2) is 18.2 Å². The Morgan fingerprint density at radius 3 is 2.47 bits per heavy atom. The average molecular weight is 505 g/mol. The molecule has 0 radical (unpaired) electrons. The standard InChI is InChI=1S/C23H31F3N2O5S/c1-21(2,3)33-20(30)27-18-7-9-22(12-18,14-34(4,31)32)19(29)28-10-8-15-5-6-17(23(24,25)26)11-16(15)13-28/h5-6,11,18H,7-10,12-14H2,1-4H3,(H,27,30)/t18-,22+/m1/s1. The van der Waals surface area contributed by atoms with E-state index in [1.807, 2.05) is 0 Å². The number of ether oxygens (including phenoxy) is 1. The fourth-order valence-electron chi connectivity index (χ4n) is 4.85. The lowest BCUT2D eigenvalue weighted by atomic mass is 9.85. The first-order valence-electron chi connectivity index (χ1n) is 11.1. The molecule has 1 aliphatic carbocycles. The molecule has 0 spiro atoms. The zero-order valence-electron chi connectivity index (χ0n) is 19.8. The van der Waals surface area contributed by atoms with E-state index >= 15 is 0 Å². The second-order valence-electron chi connectivity index (χ2n) is 10.4. The summed E-state index contributed by atoms with van der Waals surface area (Å²) in [6.07, 6.45) is -2.96. The number of carbonyl (C=O) groups is 2. The molecule has 2 aliphatic rings. The summed E-state index contributed by atoms with van der Waals surface area (Å²) in [4.78, 5) is 27.3. The molecule has 1 aliphatic heterocycles. The smallest absolute Gasteiger partial charge is 0.416 e. The van der Waals surface area contributed by atoms with Gasteiger partial charge in [-0.2, -0.15) is 13.2 Å². The van der Waals surface area contributed by atoms with E-state index in [4.69, 9.17) is 4.74 Å². The number of sulfone groups is 1. The molecule has 1 fully saturated rings. The van der Waals surface area contributed by atoms with Crippen molar-refractivity contribution in [2.75, 3.05) is 18.6 Å². The summed E-state index contributed by atoms with van der Waals surface area (Å²) in [7, 11) is -3.56. The van der Waals surface area contributed by atoms with Crippen LogP contribution in [0.2, 0.25) is 0 Å². The van der Waals surface area contributed by atoms with Gasteiger partial charge in [0.25, 0.3) is 0 Å². The van der Waals surface area contributed by atoms with E-state index in [2.05, 4.69) is 5.32 Å². The zero-order chi connectivity index (χ0) is 25.5. The van der Waals surface area contributed by atoms with Crippen LogP contribution in [0.5, 0.6) is 0 Å². The lowest BCUT2D eigenvalue weighted by Crippen LogP contribution is -2.49. The third-order valence-corrected chi connectivity index (χ3v) is 7.23.